The molecule has 13 heavy (non-hydrogen) atoms. The molecule has 0 atom stereocenters. The Kier molecular flexibility index (Phi) is 6.27. The van der Waals surface area contributed by atoms with E-state index in [1.807, 2.05) is 6.07 Å². The van der Waals surface area contributed by atoms with E-state index < -0.39 is 6.09 Å². The van der Waals surface area contributed by atoms with E-state index in [0.717, 1.165) is 6.42 Å². The molecule has 1 aromatic carbocycles. The van der Waals surface area contributed by atoms with E-state index in [-0.39, 0.29) is 0 Å². The van der Waals surface area contributed by atoms with Crippen molar-refractivity contribution in [1.29, 1.82) is 0 Å². The quantitative estimate of drug-likeness (QED) is 0.349. The fourth-order valence-electron chi connectivity index (χ4n) is 0.714. The zero-order valence-electron chi connectivity index (χ0n) is 7.53. The average molecular weight is 182 g/mol. The van der Waals surface area contributed by atoms with E-state index in [0.29, 0.717) is 0 Å². The zero-order valence-corrected chi connectivity index (χ0v) is 7.53. The summed E-state index contributed by atoms with van der Waals surface area (Å²) in [5.74, 6) is 4.32. The lowest BCUT2D eigenvalue weighted by molar-refractivity contribution is 0.194. The molecule has 0 aliphatic heterocycles. The van der Waals surface area contributed by atoms with Crippen LogP contribution in [0.3, 0.4) is 0 Å². The van der Waals surface area contributed by atoms with Gasteiger partial charge in [0.1, 0.15) is 0 Å². The minimum Gasteiger partial charge on any atom is -0.464 e. The molecule has 4 N–H and O–H groups in total. The molecule has 0 aromatic heterocycles. The summed E-state index contributed by atoms with van der Waals surface area (Å²) < 4.78 is 0. The smallest absolute Gasteiger partial charge is 0.418 e. The number of carboxylic acid groups (broad SMARTS) is 1. The second-order valence-corrected chi connectivity index (χ2v) is 2.29. The lowest BCUT2D eigenvalue weighted by Crippen LogP contribution is -2.27. The molecule has 0 aliphatic rings. The summed E-state index contributed by atoms with van der Waals surface area (Å²) in [6.07, 6.45) is -0.0779. The Morgan fingerprint density at radius 3 is 2.15 bits per heavy atom. The highest BCUT2D eigenvalue weighted by atomic mass is 16.4. The van der Waals surface area contributed by atoms with E-state index in [1.54, 1.807) is 0 Å². The topological polar surface area (TPSA) is 75.3 Å². The van der Waals surface area contributed by atoms with Crippen LogP contribution in [0.5, 0.6) is 0 Å². The fourth-order valence-corrected chi connectivity index (χ4v) is 0.714. The highest BCUT2D eigenvalue weighted by Crippen LogP contribution is 1.96. The molecule has 72 valence electrons. The lowest BCUT2D eigenvalue weighted by atomic mass is 10.2. The highest BCUT2D eigenvalue weighted by molar-refractivity contribution is 5.63. The van der Waals surface area contributed by atoms with Crippen molar-refractivity contribution in [3.63, 3.8) is 0 Å². The second kappa shape index (κ2) is 7.12. The predicted octanol–water partition coefficient (Wildman–Crippen LogP) is 1.38. The van der Waals surface area contributed by atoms with Gasteiger partial charge in [0.05, 0.1) is 0 Å². The van der Waals surface area contributed by atoms with Crippen LogP contribution >= 0.6 is 0 Å². The maximum Gasteiger partial charge on any atom is 0.418 e. The van der Waals surface area contributed by atoms with Crippen LogP contribution < -0.4 is 11.3 Å². The molecular weight excluding hydrogens is 168 g/mol. The van der Waals surface area contributed by atoms with Crippen LogP contribution in [0.4, 0.5) is 4.79 Å². The van der Waals surface area contributed by atoms with Gasteiger partial charge in [-0.1, -0.05) is 37.3 Å². The second-order valence-electron chi connectivity index (χ2n) is 2.29. The van der Waals surface area contributed by atoms with E-state index in [1.165, 1.54) is 11.0 Å². The number of benzene rings is 1. The summed E-state index contributed by atoms with van der Waals surface area (Å²) >= 11 is 0. The van der Waals surface area contributed by atoms with Crippen molar-refractivity contribution in [3.05, 3.63) is 35.9 Å². The first-order valence-corrected chi connectivity index (χ1v) is 3.94. The molecule has 0 heterocycles. The summed E-state index contributed by atoms with van der Waals surface area (Å²) in [6.45, 7) is 2.16. The molecule has 0 saturated carbocycles. The summed E-state index contributed by atoms with van der Waals surface area (Å²) in [5, 5.41) is 7.49. The third-order valence-corrected chi connectivity index (χ3v) is 1.37. The third kappa shape index (κ3) is 6.83. The molecule has 0 aliphatic carbocycles. The van der Waals surface area contributed by atoms with Crippen LogP contribution in [0.2, 0.25) is 0 Å². The van der Waals surface area contributed by atoms with Crippen LogP contribution in [0.15, 0.2) is 30.3 Å². The Morgan fingerprint density at radius 1 is 1.46 bits per heavy atom. The molecule has 0 unspecified atom stereocenters. The number of carbonyl (C=O) groups is 1. The number of aryl methyl sites for hydroxylation is 1. The van der Waals surface area contributed by atoms with Crippen molar-refractivity contribution in [1.82, 2.24) is 5.43 Å². The largest absolute Gasteiger partial charge is 0.464 e. The number of hydrogen-bond donors (Lipinski definition) is 3. The Balaban J connectivity index is 0.000000252. The van der Waals surface area contributed by atoms with Gasteiger partial charge in [0.25, 0.3) is 0 Å². The van der Waals surface area contributed by atoms with Crippen molar-refractivity contribution < 1.29 is 9.90 Å². The Morgan fingerprint density at radius 2 is 1.92 bits per heavy atom. The average Bonchev–Trinajstić information content (AvgIpc) is 2.20. The minimum absolute atomic E-state index is 1.14. The fraction of sp³-hybridized carbons (Fsp3) is 0.222. The summed E-state index contributed by atoms with van der Waals surface area (Å²) in [5.41, 5.74) is 2.85. The molecule has 4 nitrogen and oxygen atoms in total. The highest BCUT2D eigenvalue weighted by Gasteiger charge is 1.80. The van der Waals surface area contributed by atoms with Gasteiger partial charge < -0.3 is 5.11 Å². The van der Waals surface area contributed by atoms with Crippen LogP contribution in [-0.2, 0) is 6.42 Å². The molecule has 0 fully saturated rings. The van der Waals surface area contributed by atoms with Crippen LogP contribution in [0, 0.1) is 0 Å². The van der Waals surface area contributed by atoms with Gasteiger partial charge in [-0.05, 0) is 12.0 Å². The first-order chi connectivity index (χ1) is 6.20. The molecule has 4 heteroatoms. The summed E-state index contributed by atoms with van der Waals surface area (Å²) in [6, 6.07) is 10.5. The van der Waals surface area contributed by atoms with Gasteiger partial charge in [0.2, 0.25) is 0 Å². The Bertz CT molecular complexity index is 237. The Labute approximate surface area is 77.3 Å². The monoisotopic (exact) mass is 182 g/mol. The van der Waals surface area contributed by atoms with Crippen LogP contribution in [0.25, 0.3) is 0 Å². The van der Waals surface area contributed by atoms with E-state index in [2.05, 4.69) is 37.0 Å². The van der Waals surface area contributed by atoms with E-state index in [9.17, 15) is 0 Å². The normalized spacial score (nSPS) is 8.15. The van der Waals surface area contributed by atoms with Gasteiger partial charge >= 0.3 is 6.09 Å². The molecule has 0 saturated heterocycles. The number of nitrogens with one attached hydrogen (secondary N) is 1. The maximum absolute atomic E-state index is 9.13. The van der Waals surface area contributed by atoms with Crippen molar-refractivity contribution >= 4 is 6.09 Å². The maximum atomic E-state index is 9.13. The van der Waals surface area contributed by atoms with Crippen molar-refractivity contribution in [3.8, 4) is 0 Å². The van der Waals surface area contributed by atoms with E-state index in [4.69, 9.17) is 9.90 Å². The standard InChI is InChI=1S/C8H10.CH4N2O2/c1-2-8-6-4-3-5-7-8;2-3-1(4)5/h3-7H,2H2,1H3;3H,2H2,(H,4,5). The third-order valence-electron chi connectivity index (χ3n) is 1.37. The summed E-state index contributed by atoms with van der Waals surface area (Å²) in [7, 11) is 0. The van der Waals surface area contributed by atoms with Crippen molar-refractivity contribution in [2.45, 2.75) is 13.3 Å². The van der Waals surface area contributed by atoms with Gasteiger partial charge in [-0.15, -0.1) is 0 Å². The zero-order chi connectivity index (χ0) is 10.1. The predicted molar refractivity (Wildman–Crippen MR) is 51.2 cm³/mol. The van der Waals surface area contributed by atoms with Crippen LogP contribution in [0.1, 0.15) is 12.5 Å². The first-order valence-electron chi connectivity index (χ1n) is 3.94. The number of nitrogens with two attached hydrogens (primary N) is 1. The number of hydrazine groups is 1. The van der Waals surface area contributed by atoms with Gasteiger partial charge in [-0.3, -0.25) is 5.43 Å². The van der Waals surface area contributed by atoms with Crippen molar-refractivity contribution in [2.75, 3.05) is 0 Å². The number of rotatable bonds is 1. The SMILES string of the molecule is CCc1ccccc1.NNC(=O)O. The van der Waals surface area contributed by atoms with E-state index >= 15 is 0 Å². The molecular formula is C9H14N2O2. The summed E-state index contributed by atoms with van der Waals surface area (Å²) in [4.78, 5) is 9.13. The molecule has 0 spiro atoms. The van der Waals surface area contributed by atoms with Gasteiger partial charge in [-0.25, -0.2) is 10.6 Å². The number of hydrogen-bond acceptors (Lipinski definition) is 2. The Hall–Kier alpha value is -1.55. The molecule has 1 rings (SSSR count). The lowest BCUT2D eigenvalue weighted by Gasteiger charge is -1.89. The van der Waals surface area contributed by atoms with Gasteiger partial charge in [0.15, 0.2) is 0 Å². The van der Waals surface area contributed by atoms with Gasteiger partial charge in [-0.2, -0.15) is 0 Å². The molecule has 0 radical (unpaired) electrons. The van der Waals surface area contributed by atoms with Crippen molar-refractivity contribution in [2.24, 2.45) is 5.84 Å². The molecule has 1 amide bonds. The first kappa shape index (κ1) is 11.4. The van der Waals surface area contributed by atoms with Crippen LogP contribution in [-0.4, -0.2) is 11.2 Å². The minimum atomic E-state index is -1.22. The molecule has 1 aromatic rings. The van der Waals surface area contributed by atoms with Gasteiger partial charge in [0, 0.05) is 0 Å². The number of amides is 1. The molecule has 0 bridgehead atoms.